The topological polar surface area (TPSA) is 95.0 Å². The highest BCUT2D eigenvalue weighted by Gasteiger charge is 2.34. The molecule has 0 bridgehead atoms. The lowest BCUT2D eigenvalue weighted by Crippen LogP contribution is -2.30. The van der Waals surface area contributed by atoms with Crippen molar-refractivity contribution in [1.29, 1.82) is 0 Å². The zero-order valence-corrected chi connectivity index (χ0v) is 19.7. The van der Waals surface area contributed by atoms with Crippen LogP contribution in [0.3, 0.4) is 0 Å². The van der Waals surface area contributed by atoms with Gasteiger partial charge in [0, 0.05) is 25.0 Å². The lowest BCUT2D eigenvalue weighted by atomic mass is 10.2. The fourth-order valence-electron chi connectivity index (χ4n) is 4.17. The number of fused-ring (bicyclic) bond motifs is 1. The van der Waals surface area contributed by atoms with E-state index < -0.39 is 0 Å². The summed E-state index contributed by atoms with van der Waals surface area (Å²) < 4.78 is 13.8. The largest absolute Gasteiger partial charge is 0.457 e. The first kappa shape index (κ1) is 22.6. The Labute approximate surface area is 207 Å². The van der Waals surface area contributed by atoms with Crippen molar-refractivity contribution in [3.8, 4) is 35.0 Å². The minimum Gasteiger partial charge on any atom is -0.457 e. The summed E-state index contributed by atoms with van der Waals surface area (Å²) in [7, 11) is 0. The Morgan fingerprint density at radius 1 is 1.17 bits per heavy atom. The average Bonchev–Trinajstić information content (AvgIpc) is 3.47. The molecule has 0 unspecified atom stereocenters. The van der Waals surface area contributed by atoms with Crippen LogP contribution in [0.1, 0.15) is 31.6 Å². The molecular weight excluding hydrogens is 466 g/mol. The van der Waals surface area contributed by atoms with Gasteiger partial charge in [0.25, 0.3) is 5.91 Å². The standard InChI is InChI=1S/C26H22ClN5O3/c1-2-7-22(33)31-14-6-10-20(31)25-30-26(23-24(28)29-13-15-32(23)25)35-21-12-11-18(16-19(21)27)34-17-8-4-3-5-9-17/h3-5,8-9,11-13,15-16,20H,6,10,14H2,1H3,(H2,28,29)/t20-/m0/s1. The molecule has 0 aliphatic carbocycles. The van der Waals surface area contributed by atoms with Gasteiger partial charge in [-0.3, -0.25) is 9.20 Å². The van der Waals surface area contributed by atoms with E-state index in [0.29, 0.717) is 40.2 Å². The van der Waals surface area contributed by atoms with E-state index >= 15 is 0 Å². The number of hydrogen-bond acceptors (Lipinski definition) is 6. The second-order valence-corrected chi connectivity index (χ2v) is 8.35. The van der Waals surface area contributed by atoms with E-state index in [1.54, 1.807) is 42.4 Å². The van der Waals surface area contributed by atoms with E-state index in [2.05, 4.69) is 16.8 Å². The number of imidazole rings is 1. The van der Waals surface area contributed by atoms with Crippen molar-refractivity contribution in [3.05, 3.63) is 71.8 Å². The van der Waals surface area contributed by atoms with Gasteiger partial charge in [0.05, 0.1) is 11.1 Å². The maximum Gasteiger partial charge on any atom is 0.299 e. The number of benzene rings is 2. The molecule has 2 aromatic carbocycles. The van der Waals surface area contributed by atoms with Crippen LogP contribution in [0.25, 0.3) is 5.52 Å². The van der Waals surface area contributed by atoms with Gasteiger partial charge in [-0.2, -0.15) is 4.98 Å². The summed E-state index contributed by atoms with van der Waals surface area (Å²) >= 11 is 6.52. The SMILES string of the molecule is CC#CC(=O)N1CCC[C@H]1c1nc(Oc2ccc(Oc3ccccc3)cc2Cl)c2c(N)nccn12. The van der Waals surface area contributed by atoms with Crippen molar-refractivity contribution in [2.24, 2.45) is 0 Å². The number of nitrogen functional groups attached to an aromatic ring is 1. The molecule has 0 saturated carbocycles. The molecule has 35 heavy (non-hydrogen) atoms. The first-order valence-electron chi connectivity index (χ1n) is 11.1. The van der Waals surface area contributed by atoms with Gasteiger partial charge >= 0.3 is 0 Å². The molecule has 2 N–H and O–H groups in total. The van der Waals surface area contributed by atoms with Crippen molar-refractivity contribution in [1.82, 2.24) is 19.3 Å². The van der Waals surface area contributed by atoms with Crippen molar-refractivity contribution in [2.75, 3.05) is 12.3 Å². The number of nitrogens with two attached hydrogens (primary N) is 1. The lowest BCUT2D eigenvalue weighted by molar-refractivity contribution is -0.126. The summed E-state index contributed by atoms with van der Waals surface area (Å²) in [5, 5.41) is 0.347. The molecule has 1 aliphatic rings. The Balaban J connectivity index is 1.48. The summed E-state index contributed by atoms with van der Waals surface area (Å²) in [4.78, 5) is 23.2. The monoisotopic (exact) mass is 487 g/mol. The van der Waals surface area contributed by atoms with E-state index in [4.69, 9.17) is 31.8 Å². The van der Waals surface area contributed by atoms with Crippen LogP contribution >= 0.6 is 11.6 Å². The number of likely N-dealkylation sites (tertiary alicyclic amines) is 1. The van der Waals surface area contributed by atoms with Crippen molar-refractivity contribution < 1.29 is 14.3 Å². The van der Waals surface area contributed by atoms with Crippen LogP contribution < -0.4 is 15.2 Å². The van der Waals surface area contributed by atoms with Gasteiger partial charge in [-0.25, -0.2) is 4.98 Å². The molecule has 2 aromatic heterocycles. The Bertz CT molecular complexity index is 1460. The summed E-state index contributed by atoms with van der Waals surface area (Å²) in [5.74, 6) is 7.88. The molecule has 8 nitrogen and oxygen atoms in total. The van der Waals surface area contributed by atoms with Crippen molar-refractivity contribution >= 4 is 28.8 Å². The third-order valence-electron chi connectivity index (χ3n) is 5.71. The molecule has 9 heteroatoms. The zero-order chi connectivity index (χ0) is 24.4. The number of amides is 1. The van der Waals surface area contributed by atoms with Crippen LogP contribution in [0.15, 0.2) is 60.9 Å². The first-order chi connectivity index (χ1) is 17.0. The Hall–Kier alpha value is -4.22. The summed E-state index contributed by atoms with van der Waals surface area (Å²) in [6.07, 6.45) is 4.95. The molecule has 1 fully saturated rings. The van der Waals surface area contributed by atoms with Crippen molar-refractivity contribution in [2.45, 2.75) is 25.8 Å². The number of rotatable bonds is 5. The van der Waals surface area contributed by atoms with Gasteiger partial charge in [0.1, 0.15) is 23.1 Å². The number of ether oxygens (including phenoxy) is 2. The van der Waals surface area contributed by atoms with Gasteiger partial charge in [0.15, 0.2) is 11.3 Å². The number of halogens is 1. The van der Waals surface area contributed by atoms with Crippen LogP contribution in [0.2, 0.25) is 5.02 Å². The first-order valence-corrected chi connectivity index (χ1v) is 11.5. The fourth-order valence-corrected chi connectivity index (χ4v) is 4.38. The molecule has 0 spiro atoms. The molecular formula is C26H22ClN5O3. The molecule has 176 valence electrons. The van der Waals surface area contributed by atoms with Crippen LogP contribution in [0, 0.1) is 11.8 Å². The van der Waals surface area contributed by atoms with E-state index in [0.717, 1.165) is 12.8 Å². The van der Waals surface area contributed by atoms with E-state index in [1.807, 2.05) is 34.7 Å². The Morgan fingerprint density at radius 3 is 2.77 bits per heavy atom. The predicted octanol–water partition coefficient (Wildman–Crippen LogP) is 5.24. The molecule has 1 amide bonds. The molecule has 3 heterocycles. The Morgan fingerprint density at radius 2 is 2.00 bits per heavy atom. The average molecular weight is 488 g/mol. The summed E-state index contributed by atoms with van der Waals surface area (Å²) in [6.45, 7) is 2.25. The number of nitrogens with zero attached hydrogens (tertiary/aromatic N) is 4. The number of aromatic nitrogens is 3. The highest BCUT2D eigenvalue weighted by molar-refractivity contribution is 6.32. The van der Waals surface area contributed by atoms with E-state index in [1.165, 1.54) is 0 Å². The van der Waals surface area contributed by atoms with Crippen LogP contribution in [-0.2, 0) is 4.79 Å². The lowest BCUT2D eigenvalue weighted by Gasteiger charge is -2.21. The van der Waals surface area contributed by atoms with Gasteiger partial charge in [0.2, 0.25) is 5.88 Å². The fraction of sp³-hybridized carbons (Fsp3) is 0.192. The maximum atomic E-state index is 12.6. The van der Waals surface area contributed by atoms with Crippen LogP contribution in [-0.4, -0.2) is 31.7 Å². The number of anilines is 1. The number of carbonyl (C=O) groups excluding carboxylic acids is 1. The smallest absolute Gasteiger partial charge is 0.299 e. The van der Waals surface area contributed by atoms with Crippen molar-refractivity contribution in [3.63, 3.8) is 0 Å². The molecule has 1 atom stereocenters. The number of carbonyl (C=O) groups is 1. The second kappa shape index (κ2) is 9.57. The summed E-state index contributed by atoms with van der Waals surface area (Å²) in [5.41, 5.74) is 6.71. The molecule has 4 aromatic rings. The minimum atomic E-state index is -0.257. The normalized spacial score (nSPS) is 15.0. The molecule has 0 radical (unpaired) electrons. The van der Waals surface area contributed by atoms with Gasteiger partial charge in [-0.1, -0.05) is 35.7 Å². The zero-order valence-electron chi connectivity index (χ0n) is 18.9. The third-order valence-corrected chi connectivity index (χ3v) is 6.01. The minimum absolute atomic E-state index is 0.228. The van der Waals surface area contributed by atoms with Gasteiger partial charge < -0.3 is 20.1 Å². The third kappa shape index (κ3) is 4.46. The van der Waals surface area contributed by atoms with Crippen LogP contribution in [0.5, 0.6) is 23.1 Å². The highest BCUT2D eigenvalue weighted by atomic mass is 35.5. The molecule has 5 rings (SSSR count). The second-order valence-electron chi connectivity index (χ2n) is 7.95. The van der Waals surface area contributed by atoms with Crippen LogP contribution in [0.4, 0.5) is 5.82 Å². The van der Waals surface area contributed by atoms with Gasteiger partial charge in [-0.05, 0) is 50.0 Å². The maximum absolute atomic E-state index is 12.6. The molecule has 1 aliphatic heterocycles. The molecule has 1 saturated heterocycles. The Kier molecular flexibility index (Phi) is 6.17. The number of para-hydroxylation sites is 1. The number of hydrogen-bond donors (Lipinski definition) is 1. The predicted molar refractivity (Wildman–Crippen MR) is 133 cm³/mol. The highest BCUT2D eigenvalue weighted by Crippen LogP contribution is 2.39. The summed E-state index contributed by atoms with van der Waals surface area (Å²) in [6, 6.07) is 14.3. The van der Waals surface area contributed by atoms with E-state index in [-0.39, 0.29) is 23.6 Å². The van der Waals surface area contributed by atoms with Gasteiger partial charge in [-0.15, -0.1) is 0 Å². The van der Waals surface area contributed by atoms with E-state index in [9.17, 15) is 4.79 Å². The quantitative estimate of drug-likeness (QED) is 0.387.